The molecule has 0 fully saturated rings. The normalized spacial score (nSPS) is 15.7. The molecule has 0 aliphatic rings. The van der Waals surface area contributed by atoms with E-state index in [0.29, 0.717) is 12.0 Å². The fourth-order valence-electron chi connectivity index (χ4n) is 1.32. The predicted octanol–water partition coefficient (Wildman–Crippen LogP) is 3.50. The minimum absolute atomic E-state index is 0.514. The Hall–Kier alpha value is -0.0500. The van der Waals surface area contributed by atoms with Crippen LogP contribution >= 0.6 is 22.9 Å². The van der Waals surface area contributed by atoms with Crippen molar-refractivity contribution < 1.29 is 0 Å². The Morgan fingerprint density at radius 1 is 1.46 bits per heavy atom. The van der Waals surface area contributed by atoms with Crippen LogP contribution in [0.25, 0.3) is 0 Å². The van der Waals surface area contributed by atoms with E-state index in [9.17, 15) is 0 Å². The maximum absolute atomic E-state index is 5.88. The first-order valence-corrected chi connectivity index (χ1v) is 5.83. The van der Waals surface area contributed by atoms with Crippen LogP contribution in [0, 0.1) is 0 Å². The number of hydrogen-bond acceptors (Lipinski definition) is 2. The van der Waals surface area contributed by atoms with E-state index in [-0.39, 0.29) is 0 Å². The number of nitrogens with one attached hydrogen (secondary N) is 1. The molecule has 1 heterocycles. The highest BCUT2D eigenvalue weighted by Gasteiger charge is 2.14. The summed E-state index contributed by atoms with van der Waals surface area (Å²) in [5.74, 6) is 0.539. The molecule has 13 heavy (non-hydrogen) atoms. The molecular formula is C10H16ClNS. The zero-order valence-electron chi connectivity index (χ0n) is 8.30. The average Bonchev–Trinajstić information content (AvgIpc) is 2.51. The van der Waals surface area contributed by atoms with Crippen molar-refractivity contribution >= 4 is 22.9 Å². The van der Waals surface area contributed by atoms with Crippen LogP contribution in [0.15, 0.2) is 12.1 Å². The van der Waals surface area contributed by atoms with Crippen LogP contribution in [0.1, 0.15) is 31.6 Å². The molecule has 1 rings (SSSR count). The van der Waals surface area contributed by atoms with Crippen LogP contribution in [0.5, 0.6) is 0 Å². The molecule has 2 unspecified atom stereocenters. The summed E-state index contributed by atoms with van der Waals surface area (Å²) in [6.45, 7) is 7.59. The van der Waals surface area contributed by atoms with Gasteiger partial charge in [0.25, 0.3) is 0 Å². The summed E-state index contributed by atoms with van der Waals surface area (Å²) in [5, 5.41) is 3.42. The Labute approximate surface area is 89.1 Å². The standard InChI is InChI=1S/C10H16ClNS/c1-4-12-8(3)7(2)9-5-6-10(11)13-9/h5-8,12H,4H2,1-3H3. The topological polar surface area (TPSA) is 12.0 Å². The Bertz CT molecular complexity index is 259. The van der Waals surface area contributed by atoms with Gasteiger partial charge in [0.05, 0.1) is 4.34 Å². The molecule has 0 aromatic carbocycles. The lowest BCUT2D eigenvalue weighted by Gasteiger charge is -2.19. The van der Waals surface area contributed by atoms with Gasteiger partial charge in [-0.3, -0.25) is 0 Å². The molecule has 0 amide bonds. The van der Waals surface area contributed by atoms with Gasteiger partial charge >= 0.3 is 0 Å². The van der Waals surface area contributed by atoms with E-state index in [0.717, 1.165) is 10.9 Å². The fraction of sp³-hybridized carbons (Fsp3) is 0.600. The summed E-state index contributed by atoms with van der Waals surface area (Å²) in [7, 11) is 0. The largest absolute Gasteiger partial charge is 0.314 e. The van der Waals surface area contributed by atoms with E-state index in [2.05, 4.69) is 32.2 Å². The number of hydrogen-bond donors (Lipinski definition) is 1. The van der Waals surface area contributed by atoms with Crippen molar-refractivity contribution in [1.82, 2.24) is 5.32 Å². The maximum atomic E-state index is 5.88. The number of thiophene rings is 1. The molecule has 74 valence electrons. The summed E-state index contributed by atoms with van der Waals surface area (Å²) in [6, 6.07) is 4.60. The van der Waals surface area contributed by atoms with E-state index < -0.39 is 0 Å². The first-order chi connectivity index (χ1) is 6.15. The molecule has 1 aromatic heterocycles. The highest BCUT2D eigenvalue weighted by atomic mass is 35.5. The van der Waals surface area contributed by atoms with Gasteiger partial charge < -0.3 is 5.32 Å². The van der Waals surface area contributed by atoms with E-state index in [1.54, 1.807) is 11.3 Å². The van der Waals surface area contributed by atoms with Crippen LogP contribution in [-0.4, -0.2) is 12.6 Å². The minimum atomic E-state index is 0.514. The summed E-state index contributed by atoms with van der Waals surface area (Å²) >= 11 is 7.56. The van der Waals surface area contributed by atoms with Gasteiger partial charge in [-0.1, -0.05) is 25.4 Å². The SMILES string of the molecule is CCNC(C)C(C)c1ccc(Cl)s1. The van der Waals surface area contributed by atoms with Gasteiger partial charge in [0.15, 0.2) is 0 Å². The van der Waals surface area contributed by atoms with Crippen molar-refractivity contribution in [1.29, 1.82) is 0 Å². The van der Waals surface area contributed by atoms with Crippen molar-refractivity contribution in [3.05, 3.63) is 21.3 Å². The predicted molar refractivity (Wildman–Crippen MR) is 60.9 cm³/mol. The third kappa shape index (κ3) is 2.97. The number of likely N-dealkylation sites (N-methyl/N-ethyl adjacent to an activating group) is 1. The van der Waals surface area contributed by atoms with Crippen LogP contribution in [0.3, 0.4) is 0 Å². The van der Waals surface area contributed by atoms with Crippen LogP contribution in [0.2, 0.25) is 4.34 Å². The number of rotatable bonds is 4. The summed E-state index contributed by atoms with van der Waals surface area (Å²) < 4.78 is 0.880. The van der Waals surface area contributed by atoms with Crippen LogP contribution in [-0.2, 0) is 0 Å². The van der Waals surface area contributed by atoms with Gasteiger partial charge in [0, 0.05) is 16.8 Å². The van der Waals surface area contributed by atoms with Gasteiger partial charge in [-0.2, -0.15) is 0 Å². The lowest BCUT2D eigenvalue weighted by atomic mass is 10.0. The molecule has 2 atom stereocenters. The third-order valence-electron chi connectivity index (χ3n) is 2.32. The molecule has 0 spiro atoms. The second kappa shape index (κ2) is 4.99. The third-order valence-corrected chi connectivity index (χ3v) is 3.75. The highest BCUT2D eigenvalue weighted by Crippen LogP contribution is 2.29. The molecule has 0 saturated heterocycles. The quantitative estimate of drug-likeness (QED) is 0.814. The van der Waals surface area contributed by atoms with Gasteiger partial charge in [-0.25, -0.2) is 0 Å². The highest BCUT2D eigenvalue weighted by molar-refractivity contribution is 7.16. The van der Waals surface area contributed by atoms with E-state index in [4.69, 9.17) is 11.6 Å². The molecular weight excluding hydrogens is 202 g/mol. The van der Waals surface area contributed by atoms with Crippen molar-refractivity contribution in [3.63, 3.8) is 0 Å². The lowest BCUT2D eigenvalue weighted by Crippen LogP contribution is -2.30. The lowest BCUT2D eigenvalue weighted by molar-refractivity contribution is 0.500. The summed E-state index contributed by atoms with van der Waals surface area (Å²) in [5.41, 5.74) is 0. The fourth-order valence-corrected chi connectivity index (χ4v) is 2.54. The molecule has 0 saturated carbocycles. The van der Waals surface area contributed by atoms with Crippen LogP contribution < -0.4 is 5.32 Å². The second-order valence-corrected chi connectivity index (χ2v) is 5.02. The van der Waals surface area contributed by atoms with E-state index in [1.165, 1.54) is 4.88 Å². The van der Waals surface area contributed by atoms with Gasteiger partial charge in [0.2, 0.25) is 0 Å². The van der Waals surface area contributed by atoms with Crippen molar-refractivity contribution in [2.75, 3.05) is 6.54 Å². The average molecular weight is 218 g/mol. The van der Waals surface area contributed by atoms with Gasteiger partial charge in [-0.05, 0) is 25.6 Å². The molecule has 0 bridgehead atoms. The molecule has 1 nitrogen and oxygen atoms in total. The van der Waals surface area contributed by atoms with Gasteiger partial charge in [0.1, 0.15) is 0 Å². The van der Waals surface area contributed by atoms with Crippen molar-refractivity contribution in [3.8, 4) is 0 Å². The second-order valence-electron chi connectivity index (χ2n) is 3.28. The first kappa shape index (κ1) is 11.0. The van der Waals surface area contributed by atoms with Crippen LogP contribution in [0.4, 0.5) is 0 Å². The van der Waals surface area contributed by atoms with Crippen molar-refractivity contribution in [2.45, 2.75) is 32.7 Å². The van der Waals surface area contributed by atoms with Gasteiger partial charge in [-0.15, -0.1) is 11.3 Å². The molecule has 3 heteroatoms. The number of halogens is 1. The first-order valence-electron chi connectivity index (χ1n) is 4.63. The van der Waals surface area contributed by atoms with Crippen molar-refractivity contribution in [2.24, 2.45) is 0 Å². The zero-order valence-corrected chi connectivity index (χ0v) is 9.88. The Kier molecular flexibility index (Phi) is 4.23. The molecule has 1 aromatic rings. The maximum Gasteiger partial charge on any atom is 0.0931 e. The Morgan fingerprint density at radius 3 is 2.62 bits per heavy atom. The summed E-state index contributed by atoms with van der Waals surface area (Å²) in [4.78, 5) is 1.36. The minimum Gasteiger partial charge on any atom is -0.314 e. The van der Waals surface area contributed by atoms with E-state index in [1.807, 2.05) is 6.07 Å². The molecule has 0 aliphatic heterocycles. The zero-order chi connectivity index (χ0) is 9.84. The monoisotopic (exact) mass is 217 g/mol. The Balaban J connectivity index is 2.61. The smallest absolute Gasteiger partial charge is 0.0931 e. The van der Waals surface area contributed by atoms with E-state index >= 15 is 0 Å². The molecule has 1 N–H and O–H groups in total. The molecule has 0 aliphatic carbocycles. The Morgan fingerprint density at radius 2 is 2.15 bits per heavy atom. The molecule has 0 radical (unpaired) electrons. The summed E-state index contributed by atoms with van der Waals surface area (Å²) in [6.07, 6.45) is 0.